The molecule has 0 saturated heterocycles. The van der Waals surface area contributed by atoms with Crippen molar-refractivity contribution in [2.24, 2.45) is 0 Å². The molecule has 1 aromatic heterocycles. The van der Waals surface area contributed by atoms with Crippen molar-refractivity contribution in [2.45, 2.75) is 20.3 Å². The van der Waals surface area contributed by atoms with Crippen molar-refractivity contribution in [3.63, 3.8) is 0 Å². The van der Waals surface area contributed by atoms with E-state index in [9.17, 15) is 10.1 Å². The SMILES string of the molecule is CCC.O=[N+]([O-])c1ccc(=S)[nH]c1. The van der Waals surface area contributed by atoms with E-state index in [-0.39, 0.29) is 5.69 Å². The Balaban J connectivity index is 0.000000424. The fraction of sp³-hybridized carbons (Fsp3) is 0.375. The Bertz CT molecular complexity index is 302. The van der Waals surface area contributed by atoms with Crippen LogP contribution < -0.4 is 0 Å². The zero-order chi connectivity index (χ0) is 10.3. The number of pyridine rings is 1. The highest BCUT2D eigenvalue weighted by Gasteiger charge is 2.00. The van der Waals surface area contributed by atoms with E-state index in [4.69, 9.17) is 0 Å². The van der Waals surface area contributed by atoms with Crippen LogP contribution in [0.4, 0.5) is 5.69 Å². The number of hydrogen-bond acceptors (Lipinski definition) is 3. The van der Waals surface area contributed by atoms with Gasteiger partial charge in [-0.25, -0.2) is 0 Å². The molecule has 5 heteroatoms. The molecule has 1 N–H and O–H groups in total. The second kappa shape index (κ2) is 6.30. The molecule has 72 valence electrons. The summed E-state index contributed by atoms with van der Waals surface area (Å²) in [4.78, 5) is 12.1. The first-order valence-corrected chi connectivity index (χ1v) is 4.35. The molecule has 0 atom stereocenters. The summed E-state index contributed by atoms with van der Waals surface area (Å²) in [6, 6.07) is 2.84. The van der Waals surface area contributed by atoms with Gasteiger partial charge in [0.1, 0.15) is 4.64 Å². The normalized spacial score (nSPS) is 8.46. The van der Waals surface area contributed by atoms with Crippen molar-refractivity contribution in [2.75, 3.05) is 0 Å². The van der Waals surface area contributed by atoms with Gasteiger partial charge in [0.25, 0.3) is 5.69 Å². The van der Waals surface area contributed by atoms with E-state index in [1.165, 1.54) is 24.8 Å². The minimum atomic E-state index is -0.481. The maximum atomic E-state index is 10.1. The molecule has 13 heavy (non-hydrogen) atoms. The van der Waals surface area contributed by atoms with Crippen LogP contribution in [-0.2, 0) is 0 Å². The molecular formula is C8H12N2O2S. The van der Waals surface area contributed by atoms with Gasteiger partial charge in [0.2, 0.25) is 0 Å². The minimum Gasteiger partial charge on any atom is -0.347 e. The van der Waals surface area contributed by atoms with Crippen LogP contribution in [0.1, 0.15) is 20.3 Å². The van der Waals surface area contributed by atoms with Crippen LogP contribution in [0.3, 0.4) is 0 Å². The summed E-state index contributed by atoms with van der Waals surface area (Å²) in [5.74, 6) is 0. The van der Waals surface area contributed by atoms with Gasteiger partial charge in [-0.15, -0.1) is 0 Å². The van der Waals surface area contributed by atoms with Gasteiger partial charge in [-0.2, -0.15) is 0 Å². The van der Waals surface area contributed by atoms with Crippen LogP contribution in [0, 0.1) is 14.8 Å². The van der Waals surface area contributed by atoms with Crippen molar-refractivity contribution >= 4 is 17.9 Å². The van der Waals surface area contributed by atoms with E-state index in [0.717, 1.165) is 0 Å². The van der Waals surface area contributed by atoms with Gasteiger partial charge in [-0.05, 0) is 6.07 Å². The zero-order valence-corrected chi connectivity index (χ0v) is 8.43. The molecule has 1 aromatic rings. The van der Waals surface area contributed by atoms with Gasteiger partial charge in [-0.3, -0.25) is 10.1 Å². The Labute approximate surface area is 81.8 Å². The monoisotopic (exact) mass is 200 g/mol. The first-order chi connectivity index (χ1) is 6.11. The third-order valence-electron chi connectivity index (χ3n) is 0.979. The molecule has 0 fully saturated rings. The summed E-state index contributed by atoms with van der Waals surface area (Å²) in [5, 5.41) is 10.1. The average molecular weight is 200 g/mol. The predicted molar refractivity (Wildman–Crippen MR) is 54.2 cm³/mol. The molecule has 0 aliphatic heterocycles. The van der Waals surface area contributed by atoms with Gasteiger partial charge in [0.05, 0.1) is 11.1 Å². The summed E-state index contributed by atoms with van der Waals surface area (Å²) >= 11 is 4.68. The predicted octanol–water partition coefficient (Wildman–Crippen LogP) is 3.07. The molecule has 0 saturated carbocycles. The maximum absolute atomic E-state index is 10.1. The van der Waals surface area contributed by atoms with Crippen molar-refractivity contribution in [1.82, 2.24) is 4.98 Å². The molecule has 0 aliphatic carbocycles. The van der Waals surface area contributed by atoms with Crippen molar-refractivity contribution in [3.05, 3.63) is 33.1 Å². The average Bonchev–Trinajstić information content (AvgIpc) is 2.06. The van der Waals surface area contributed by atoms with Gasteiger partial charge in [0, 0.05) is 6.07 Å². The Morgan fingerprint density at radius 1 is 1.54 bits per heavy atom. The molecule has 1 rings (SSSR count). The third-order valence-corrected chi connectivity index (χ3v) is 1.23. The number of rotatable bonds is 1. The molecule has 4 nitrogen and oxygen atoms in total. The lowest BCUT2D eigenvalue weighted by molar-refractivity contribution is -0.385. The number of hydrogen-bond donors (Lipinski definition) is 1. The lowest BCUT2D eigenvalue weighted by Crippen LogP contribution is -1.87. The van der Waals surface area contributed by atoms with E-state index >= 15 is 0 Å². The second-order valence-corrected chi connectivity index (χ2v) is 2.82. The summed E-state index contributed by atoms with van der Waals surface area (Å²) < 4.78 is 0.491. The number of nitrogens with zero attached hydrogens (tertiary/aromatic N) is 1. The first-order valence-electron chi connectivity index (χ1n) is 3.95. The summed E-state index contributed by atoms with van der Waals surface area (Å²) in [6.45, 7) is 4.25. The van der Waals surface area contributed by atoms with Crippen molar-refractivity contribution < 1.29 is 4.92 Å². The van der Waals surface area contributed by atoms with Crippen molar-refractivity contribution in [3.8, 4) is 0 Å². The second-order valence-electron chi connectivity index (χ2n) is 2.38. The Morgan fingerprint density at radius 3 is 2.38 bits per heavy atom. The molecule has 0 aromatic carbocycles. The maximum Gasteiger partial charge on any atom is 0.285 e. The fourth-order valence-corrected chi connectivity index (χ4v) is 0.643. The molecular weight excluding hydrogens is 188 g/mol. The van der Waals surface area contributed by atoms with Gasteiger partial charge in [0.15, 0.2) is 0 Å². The Kier molecular flexibility index (Phi) is 5.71. The van der Waals surface area contributed by atoms with Gasteiger partial charge >= 0.3 is 0 Å². The highest BCUT2D eigenvalue weighted by Crippen LogP contribution is 2.05. The Morgan fingerprint density at radius 2 is 2.08 bits per heavy atom. The number of H-pyrrole nitrogens is 1. The zero-order valence-electron chi connectivity index (χ0n) is 7.61. The first kappa shape index (κ1) is 11.8. The van der Waals surface area contributed by atoms with Gasteiger partial charge < -0.3 is 4.98 Å². The fourth-order valence-electron chi connectivity index (χ4n) is 0.516. The molecule has 0 unspecified atom stereocenters. The van der Waals surface area contributed by atoms with E-state index in [1.54, 1.807) is 0 Å². The number of nitrogens with one attached hydrogen (secondary N) is 1. The Hall–Kier alpha value is -1.23. The highest BCUT2D eigenvalue weighted by molar-refractivity contribution is 7.71. The molecule has 0 spiro atoms. The quantitative estimate of drug-likeness (QED) is 0.430. The largest absolute Gasteiger partial charge is 0.347 e. The van der Waals surface area contributed by atoms with E-state index in [0.29, 0.717) is 4.64 Å². The van der Waals surface area contributed by atoms with Crippen LogP contribution in [0.2, 0.25) is 0 Å². The molecule has 0 bridgehead atoms. The number of nitro groups is 1. The summed E-state index contributed by atoms with van der Waals surface area (Å²) in [5.41, 5.74) is 0.0219. The van der Waals surface area contributed by atoms with Crippen LogP contribution in [0.25, 0.3) is 0 Å². The van der Waals surface area contributed by atoms with E-state index in [2.05, 4.69) is 31.0 Å². The van der Waals surface area contributed by atoms with Crippen LogP contribution >= 0.6 is 12.2 Å². The standard InChI is InChI=1S/C5H4N2O2S.C3H8/c8-7(9)4-1-2-5(10)6-3-4;1-3-2/h1-3H,(H,6,10);3H2,1-2H3. The van der Waals surface area contributed by atoms with Crippen LogP contribution in [0.15, 0.2) is 18.3 Å². The number of aromatic amines is 1. The van der Waals surface area contributed by atoms with Crippen molar-refractivity contribution in [1.29, 1.82) is 0 Å². The topological polar surface area (TPSA) is 58.9 Å². The molecule has 0 amide bonds. The molecule has 0 radical (unpaired) electrons. The molecule has 1 heterocycles. The lowest BCUT2D eigenvalue weighted by Gasteiger charge is -1.87. The summed E-state index contributed by atoms with van der Waals surface area (Å²) in [7, 11) is 0. The smallest absolute Gasteiger partial charge is 0.285 e. The van der Waals surface area contributed by atoms with Crippen LogP contribution in [0.5, 0.6) is 0 Å². The minimum absolute atomic E-state index is 0.0219. The third kappa shape index (κ3) is 5.08. The summed E-state index contributed by atoms with van der Waals surface area (Å²) in [6.07, 6.45) is 2.52. The van der Waals surface area contributed by atoms with Crippen LogP contribution in [-0.4, -0.2) is 9.91 Å². The lowest BCUT2D eigenvalue weighted by atomic mass is 10.4. The number of aromatic nitrogens is 1. The highest BCUT2D eigenvalue weighted by atomic mass is 32.1. The van der Waals surface area contributed by atoms with Gasteiger partial charge in [-0.1, -0.05) is 32.5 Å². The molecule has 0 aliphatic rings. The van der Waals surface area contributed by atoms with E-state index < -0.39 is 4.92 Å². The van der Waals surface area contributed by atoms with E-state index in [1.807, 2.05) is 0 Å².